The highest BCUT2D eigenvalue weighted by Crippen LogP contribution is 2.23. The Morgan fingerprint density at radius 2 is 1.83 bits per heavy atom. The van der Waals surface area contributed by atoms with Gasteiger partial charge in [-0.15, -0.1) is 0 Å². The highest BCUT2D eigenvalue weighted by Gasteiger charge is 2.17. The Hall–Kier alpha value is -0.710. The average Bonchev–Trinajstić information content (AvgIpc) is 2.45. The predicted octanol–water partition coefficient (Wildman–Crippen LogP) is 1.59. The molecule has 2 N–H and O–H groups in total. The quantitative estimate of drug-likeness (QED) is 0.793. The van der Waals surface area contributed by atoms with Gasteiger partial charge in [0.1, 0.15) is 0 Å². The summed E-state index contributed by atoms with van der Waals surface area (Å²) in [6, 6.07) is 8.58. The van der Waals surface area contributed by atoms with Crippen molar-refractivity contribution in [3.8, 4) is 0 Å². The molecule has 1 aliphatic heterocycles. The minimum absolute atomic E-state index is 0.794. The average molecular weight is 265 g/mol. The molecule has 2 rings (SSSR count). The van der Waals surface area contributed by atoms with E-state index in [1.807, 2.05) is 0 Å². The van der Waals surface area contributed by atoms with Crippen LogP contribution in [0.4, 0.5) is 5.69 Å². The maximum Gasteiger partial charge on any atom is 0.0408 e. The molecule has 0 bridgehead atoms. The Morgan fingerprint density at radius 1 is 1.11 bits per heavy atom. The van der Waals surface area contributed by atoms with Crippen LogP contribution in [-0.4, -0.2) is 44.2 Å². The Bertz CT molecular complexity index is 362. The van der Waals surface area contributed by atoms with Crippen LogP contribution in [0.1, 0.15) is 12.0 Å². The van der Waals surface area contributed by atoms with E-state index in [1.165, 1.54) is 11.3 Å². The van der Waals surface area contributed by atoms with Crippen molar-refractivity contribution in [1.29, 1.82) is 0 Å². The zero-order chi connectivity index (χ0) is 12.8. The summed E-state index contributed by atoms with van der Waals surface area (Å²) >= 11 is 4.41. The molecular formula is C14H23N3S. The summed E-state index contributed by atoms with van der Waals surface area (Å²) in [5, 5.41) is 0. The molecule has 0 amide bonds. The molecule has 0 radical (unpaired) electrons. The van der Waals surface area contributed by atoms with E-state index in [2.05, 4.69) is 46.7 Å². The number of thiol groups is 1. The maximum absolute atomic E-state index is 5.56. The minimum atomic E-state index is 0.794. The van der Waals surface area contributed by atoms with Gasteiger partial charge in [-0.05, 0) is 31.1 Å². The summed E-state index contributed by atoms with van der Waals surface area (Å²) in [4.78, 5) is 4.98. The molecule has 1 aromatic rings. The minimum Gasteiger partial charge on any atom is -0.369 e. The van der Waals surface area contributed by atoms with E-state index in [9.17, 15) is 0 Å². The van der Waals surface area contributed by atoms with Gasteiger partial charge in [0.05, 0.1) is 0 Å². The van der Waals surface area contributed by atoms with Crippen molar-refractivity contribution < 1.29 is 0 Å². The Morgan fingerprint density at radius 3 is 2.50 bits per heavy atom. The van der Waals surface area contributed by atoms with E-state index >= 15 is 0 Å². The van der Waals surface area contributed by atoms with Gasteiger partial charge in [-0.3, -0.25) is 4.90 Å². The van der Waals surface area contributed by atoms with Crippen LogP contribution in [0.5, 0.6) is 0 Å². The van der Waals surface area contributed by atoms with E-state index < -0.39 is 0 Å². The van der Waals surface area contributed by atoms with Crippen molar-refractivity contribution >= 4 is 18.3 Å². The molecule has 4 heteroatoms. The second-order valence-corrected chi connectivity index (χ2v) is 5.07. The lowest BCUT2D eigenvalue weighted by atomic mass is 10.1. The molecule has 0 aromatic heterocycles. The van der Waals surface area contributed by atoms with Gasteiger partial charge < -0.3 is 10.6 Å². The zero-order valence-electron chi connectivity index (χ0n) is 10.9. The van der Waals surface area contributed by atoms with E-state index in [0.29, 0.717) is 0 Å². The molecule has 0 atom stereocenters. The largest absolute Gasteiger partial charge is 0.369 e. The summed E-state index contributed by atoms with van der Waals surface area (Å²) in [6.07, 6.45) is 1.10. The van der Waals surface area contributed by atoms with Crippen LogP contribution in [0.15, 0.2) is 24.3 Å². The monoisotopic (exact) mass is 265 g/mol. The molecule has 0 saturated carbocycles. The molecule has 18 heavy (non-hydrogen) atoms. The number of hydrogen-bond acceptors (Lipinski definition) is 4. The standard InChI is InChI=1S/C14H23N3S/c15-6-3-7-16-8-10-17(11-9-16)14-5-2-1-4-13(14)12-18/h1-2,4-5,18H,3,6-12,15H2. The van der Waals surface area contributed by atoms with E-state index in [4.69, 9.17) is 5.73 Å². The Labute approximate surface area is 115 Å². The van der Waals surface area contributed by atoms with Gasteiger partial charge in [-0.1, -0.05) is 18.2 Å². The lowest BCUT2D eigenvalue weighted by Gasteiger charge is -2.37. The van der Waals surface area contributed by atoms with Crippen LogP contribution in [0.2, 0.25) is 0 Å². The van der Waals surface area contributed by atoms with Gasteiger partial charge in [0.15, 0.2) is 0 Å². The highest BCUT2D eigenvalue weighted by atomic mass is 32.1. The fourth-order valence-corrected chi connectivity index (χ4v) is 2.75. The van der Waals surface area contributed by atoms with Gasteiger partial charge in [0.25, 0.3) is 0 Å². The lowest BCUT2D eigenvalue weighted by Crippen LogP contribution is -2.47. The fourth-order valence-electron chi connectivity index (χ4n) is 2.48. The van der Waals surface area contributed by atoms with Gasteiger partial charge >= 0.3 is 0 Å². The van der Waals surface area contributed by atoms with Crippen molar-refractivity contribution in [3.05, 3.63) is 29.8 Å². The van der Waals surface area contributed by atoms with E-state index in [0.717, 1.165) is 51.4 Å². The number of rotatable bonds is 5. The molecule has 1 heterocycles. The second-order valence-electron chi connectivity index (χ2n) is 4.76. The SMILES string of the molecule is NCCCN1CCN(c2ccccc2CS)CC1. The normalized spacial score (nSPS) is 17.1. The number of piperazine rings is 1. The zero-order valence-corrected chi connectivity index (χ0v) is 11.8. The number of nitrogens with zero attached hydrogens (tertiary/aromatic N) is 2. The fraction of sp³-hybridized carbons (Fsp3) is 0.571. The first kappa shape index (κ1) is 13.7. The summed E-state index contributed by atoms with van der Waals surface area (Å²) in [7, 11) is 0. The molecule has 0 aliphatic carbocycles. The third-order valence-corrected chi connectivity index (χ3v) is 3.89. The van der Waals surface area contributed by atoms with Crippen LogP contribution in [0.3, 0.4) is 0 Å². The summed E-state index contributed by atoms with van der Waals surface area (Å²) in [6.45, 7) is 6.42. The van der Waals surface area contributed by atoms with Crippen molar-refractivity contribution in [1.82, 2.24) is 4.90 Å². The van der Waals surface area contributed by atoms with Crippen LogP contribution >= 0.6 is 12.6 Å². The molecule has 0 unspecified atom stereocenters. The third-order valence-electron chi connectivity index (χ3n) is 3.55. The topological polar surface area (TPSA) is 32.5 Å². The van der Waals surface area contributed by atoms with Crippen molar-refractivity contribution in [2.24, 2.45) is 5.73 Å². The number of anilines is 1. The number of para-hydroxylation sites is 1. The van der Waals surface area contributed by atoms with Gasteiger partial charge in [-0.2, -0.15) is 12.6 Å². The van der Waals surface area contributed by atoms with Crippen LogP contribution in [0, 0.1) is 0 Å². The van der Waals surface area contributed by atoms with Crippen LogP contribution in [0.25, 0.3) is 0 Å². The second kappa shape index (κ2) is 7.02. The van der Waals surface area contributed by atoms with Gasteiger partial charge in [0, 0.05) is 37.6 Å². The number of nitrogens with two attached hydrogens (primary N) is 1. The van der Waals surface area contributed by atoms with Crippen LogP contribution < -0.4 is 10.6 Å². The first-order valence-electron chi connectivity index (χ1n) is 6.71. The van der Waals surface area contributed by atoms with E-state index in [-0.39, 0.29) is 0 Å². The first-order valence-corrected chi connectivity index (χ1v) is 7.34. The number of hydrogen-bond donors (Lipinski definition) is 2. The van der Waals surface area contributed by atoms with Gasteiger partial charge in [-0.25, -0.2) is 0 Å². The number of benzene rings is 1. The predicted molar refractivity (Wildman–Crippen MR) is 81.5 cm³/mol. The lowest BCUT2D eigenvalue weighted by molar-refractivity contribution is 0.256. The molecule has 0 spiro atoms. The molecule has 100 valence electrons. The molecular weight excluding hydrogens is 242 g/mol. The van der Waals surface area contributed by atoms with Crippen molar-refractivity contribution in [2.75, 3.05) is 44.2 Å². The molecule has 1 aromatic carbocycles. The molecule has 1 aliphatic rings. The van der Waals surface area contributed by atoms with Crippen molar-refractivity contribution in [2.45, 2.75) is 12.2 Å². The van der Waals surface area contributed by atoms with Crippen molar-refractivity contribution in [3.63, 3.8) is 0 Å². The summed E-state index contributed by atoms with van der Waals surface area (Å²) in [5.74, 6) is 0.809. The summed E-state index contributed by atoms with van der Waals surface area (Å²) in [5.41, 5.74) is 8.24. The molecule has 1 fully saturated rings. The Kier molecular flexibility index (Phi) is 5.35. The molecule has 1 saturated heterocycles. The molecule has 3 nitrogen and oxygen atoms in total. The van der Waals surface area contributed by atoms with E-state index in [1.54, 1.807) is 0 Å². The maximum atomic E-state index is 5.56. The summed E-state index contributed by atoms with van der Waals surface area (Å²) < 4.78 is 0. The van der Waals surface area contributed by atoms with Gasteiger partial charge in [0.2, 0.25) is 0 Å². The van der Waals surface area contributed by atoms with Crippen LogP contribution in [-0.2, 0) is 5.75 Å². The Balaban J connectivity index is 1.92. The smallest absolute Gasteiger partial charge is 0.0408 e. The first-order chi connectivity index (χ1) is 8.85. The highest BCUT2D eigenvalue weighted by molar-refractivity contribution is 7.79. The third kappa shape index (κ3) is 3.40.